The minimum atomic E-state index is -0.655. The van der Waals surface area contributed by atoms with Crippen LogP contribution in [0.5, 0.6) is 0 Å². The number of esters is 1. The Morgan fingerprint density at radius 3 is 2.91 bits per heavy atom. The summed E-state index contributed by atoms with van der Waals surface area (Å²) in [7, 11) is 0. The molecule has 1 atom stereocenters. The number of carbonyl (C=O) groups excluding carboxylic acids is 3. The van der Waals surface area contributed by atoms with Crippen molar-refractivity contribution in [2.75, 3.05) is 13.2 Å². The predicted octanol–water partition coefficient (Wildman–Crippen LogP) is 0.702. The van der Waals surface area contributed by atoms with E-state index < -0.39 is 30.4 Å². The van der Waals surface area contributed by atoms with Gasteiger partial charge >= 0.3 is 5.97 Å². The van der Waals surface area contributed by atoms with Crippen molar-refractivity contribution in [3.63, 3.8) is 0 Å². The minimum Gasteiger partial charge on any atom is -0.465 e. The van der Waals surface area contributed by atoms with Gasteiger partial charge in [0.05, 0.1) is 6.26 Å². The molecule has 2 amide bonds. The van der Waals surface area contributed by atoms with Crippen LogP contribution in [0.4, 0.5) is 0 Å². The molecule has 0 unspecified atom stereocenters. The first-order chi connectivity index (χ1) is 10.6. The molecule has 0 spiro atoms. The SMILES string of the molecule is NC(=O)[C@H]1CCCCN1C(=O)COC(=O)/C=C/c1ccco1. The summed E-state index contributed by atoms with van der Waals surface area (Å²) in [5.74, 6) is -1.09. The lowest BCUT2D eigenvalue weighted by Gasteiger charge is -2.33. The van der Waals surface area contributed by atoms with Gasteiger partial charge in [-0.25, -0.2) is 4.79 Å². The van der Waals surface area contributed by atoms with Crippen molar-refractivity contribution in [1.82, 2.24) is 4.90 Å². The Labute approximate surface area is 127 Å². The summed E-state index contributed by atoms with van der Waals surface area (Å²) in [5, 5.41) is 0. The second-order valence-electron chi connectivity index (χ2n) is 4.96. The zero-order valence-electron chi connectivity index (χ0n) is 12.1. The van der Waals surface area contributed by atoms with Crippen LogP contribution in [0.3, 0.4) is 0 Å². The molecule has 2 heterocycles. The van der Waals surface area contributed by atoms with Crippen LogP contribution in [-0.2, 0) is 19.1 Å². The lowest BCUT2D eigenvalue weighted by molar-refractivity contribution is -0.151. The van der Waals surface area contributed by atoms with Crippen molar-refractivity contribution >= 4 is 23.9 Å². The maximum atomic E-state index is 12.0. The van der Waals surface area contributed by atoms with Gasteiger partial charge in [0.1, 0.15) is 11.8 Å². The van der Waals surface area contributed by atoms with Crippen LogP contribution in [0.15, 0.2) is 28.9 Å². The number of rotatable bonds is 5. The van der Waals surface area contributed by atoms with E-state index >= 15 is 0 Å². The van der Waals surface area contributed by atoms with E-state index in [1.54, 1.807) is 12.1 Å². The monoisotopic (exact) mass is 306 g/mol. The van der Waals surface area contributed by atoms with Crippen molar-refractivity contribution in [2.45, 2.75) is 25.3 Å². The summed E-state index contributed by atoms with van der Waals surface area (Å²) < 4.78 is 9.90. The molecule has 2 N–H and O–H groups in total. The van der Waals surface area contributed by atoms with Crippen molar-refractivity contribution in [3.8, 4) is 0 Å². The number of carbonyl (C=O) groups is 3. The van der Waals surface area contributed by atoms with E-state index in [1.165, 1.54) is 23.3 Å². The molecule has 0 aromatic carbocycles. The summed E-state index contributed by atoms with van der Waals surface area (Å²) in [6.45, 7) is 0.0390. The fourth-order valence-corrected chi connectivity index (χ4v) is 2.33. The highest BCUT2D eigenvalue weighted by Crippen LogP contribution is 2.16. The smallest absolute Gasteiger partial charge is 0.331 e. The number of amides is 2. The number of furan rings is 1. The minimum absolute atomic E-state index is 0.412. The van der Waals surface area contributed by atoms with Gasteiger partial charge in [-0.1, -0.05) is 0 Å². The van der Waals surface area contributed by atoms with Crippen molar-refractivity contribution in [2.24, 2.45) is 5.73 Å². The quantitative estimate of drug-likeness (QED) is 0.637. The van der Waals surface area contributed by atoms with E-state index in [0.717, 1.165) is 12.8 Å². The van der Waals surface area contributed by atoms with Gasteiger partial charge in [-0.15, -0.1) is 0 Å². The average Bonchev–Trinajstić information content (AvgIpc) is 3.04. The van der Waals surface area contributed by atoms with Gasteiger partial charge in [-0.2, -0.15) is 0 Å². The highest BCUT2D eigenvalue weighted by atomic mass is 16.5. The number of nitrogens with two attached hydrogens (primary N) is 1. The van der Waals surface area contributed by atoms with Crippen LogP contribution < -0.4 is 5.73 Å². The lowest BCUT2D eigenvalue weighted by atomic mass is 10.0. The van der Waals surface area contributed by atoms with Gasteiger partial charge in [0, 0.05) is 12.6 Å². The van der Waals surface area contributed by atoms with E-state index in [1.807, 2.05) is 0 Å². The van der Waals surface area contributed by atoms with Crippen molar-refractivity contribution in [1.29, 1.82) is 0 Å². The Bertz CT molecular complexity index is 564. The predicted molar refractivity (Wildman–Crippen MR) is 77.2 cm³/mol. The molecule has 1 fully saturated rings. The fraction of sp³-hybridized carbons (Fsp3) is 0.400. The molecule has 2 rings (SSSR count). The molecule has 118 valence electrons. The Balaban J connectivity index is 1.83. The van der Waals surface area contributed by atoms with Crippen LogP contribution in [0, 0.1) is 0 Å². The summed E-state index contributed by atoms with van der Waals surface area (Å²) in [6.07, 6.45) is 6.31. The normalized spacial score (nSPS) is 18.4. The number of ether oxygens (including phenoxy) is 1. The third kappa shape index (κ3) is 4.21. The van der Waals surface area contributed by atoms with E-state index in [2.05, 4.69) is 0 Å². The summed E-state index contributed by atoms with van der Waals surface area (Å²) in [5.41, 5.74) is 5.29. The maximum absolute atomic E-state index is 12.0. The van der Waals surface area contributed by atoms with Gasteiger partial charge in [0.25, 0.3) is 5.91 Å². The number of hydrogen-bond donors (Lipinski definition) is 1. The molecule has 0 radical (unpaired) electrons. The second kappa shape index (κ2) is 7.44. The van der Waals surface area contributed by atoms with Gasteiger partial charge in [-0.05, 0) is 37.5 Å². The molecule has 1 aliphatic heterocycles. The summed E-state index contributed by atoms with van der Waals surface area (Å²) >= 11 is 0. The first-order valence-corrected chi connectivity index (χ1v) is 7.05. The maximum Gasteiger partial charge on any atom is 0.331 e. The summed E-state index contributed by atoms with van der Waals surface area (Å²) in [6, 6.07) is 2.76. The van der Waals surface area contributed by atoms with E-state index in [9.17, 15) is 14.4 Å². The number of nitrogens with zero attached hydrogens (tertiary/aromatic N) is 1. The van der Waals surface area contributed by atoms with Crippen LogP contribution >= 0.6 is 0 Å². The van der Waals surface area contributed by atoms with E-state index in [0.29, 0.717) is 18.7 Å². The lowest BCUT2D eigenvalue weighted by Crippen LogP contribution is -2.51. The number of likely N-dealkylation sites (tertiary alicyclic amines) is 1. The zero-order valence-corrected chi connectivity index (χ0v) is 12.1. The molecule has 1 aromatic heterocycles. The summed E-state index contributed by atoms with van der Waals surface area (Å²) in [4.78, 5) is 36.3. The fourth-order valence-electron chi connectivity index (χ4n) is 2.33. The Morgan fingerprint density at radius 2 is 2.23 bits per heavy atom. The van der Waals surface area contributed by atoms with Crippen LogP contribution in [0.25, 0.3) is 6.08 Å². The molecule has 22 heavy (non-hydrogen) atoms. The Morgan fingerprint density at radius 1 is 1.41 bits per heavy atom. The average molecular weight is 306 g/mol. The van der Waals surface area contributed by atoms with Crippen LogP contribution in [-0.4, -0.2) is 41.9 Å². The first-order valence-electron chi connectivity index (χ1n) is 7.05. The highest BCUT2D eigenvalue weighted by molar-refractivity contribution is 5.90. The van der Waals surface area contributed by atoms with Gasteiger partial charge in [0.2, 0.25) is 5.91 Å². The van der Waals surface area contributed by atoms with Crippen LogP contribution in [0.2, 0.25) is 0 Å². The van der Waals surface area contributed by atoms with E-state index in [4.69, 9.17) is 14.9 Å². The Kier molecular flexibility index (Phi) is 5.35. The molecule has 1 saturated heterocycles. The molecule has 7 heteroatoms. The topological polar surface area (TPSA) is 103 Å². The number of hydrogen-bond acceptors (Lipinski definition) is 5. The van der Waals surface area contributed by atoms with E-state index in [-0.39, 0.29) is 0 Å². The van der Waals surface area contributed by atoms with Gasteiger partial charge in [-0.3, -0.25) is 9.59 Å². The molecular weight excluding hydrogens is 288 g/mol. The Hall–Kier alpha value is -2.57. The molecule has 0 aliphatic carbocycles. The highest BCUT2D eigenvalue weighted by Gasteiger charge is 2.30. The first kappa shape index (κ1) is 15.8. The van der Waals surface area contributed by atoms with Crippen molar-refractivity contribution in [3.05, 3.63) is 30.2 Å². The third-order valence-electron chi connectivity index (χ3n) is 3.42. The van der Waals surface area contributed by atoms with Crippen molar-refractivity contribution < 1.29 is 23.5 Å². The molecule has 0 bridgehead atoms. The molecule has 0 saturated carbocycles. The second-order valence-corrected chi connectivity index (χ2v) is 4.96. The molecule has 7 nitrogen and oxygen atoms in total. The zero-order chi connectivity index (χ0) is 15.9. The third-order valence-corrected chi connectivity index (χ3v) is 3.42. The van der Waals surface area contributed by atoms with Crippen LogP contribution in [0.1, 0.15) is 25.0 Å². The molecular formula is C15H18N2O5. The number of primary amides is 1. The van der Waals surface area contributed by atoms with Gasteiger partial charge < -0.3 is 19.8 Å². The molecule has 1 aromatic rings. The standard InChI is InChI=1S/C15H18N2O5/c16-15(20)12-5-1-2-8-17(12)13(18)10-22-14(19)7-6-11-4-3-9-21-11/h3-4,6-7,9,12H,1-2,5,8,10H2,(H2,16,20)/b7-6+/t12-/m1/s1. The van der Waals surface area contributed by atoms with Gasteiger partial charge in [0.15, 0.2) is 6.61 Å². The number of piperidine rings is 1. The largest absolute Gasteiger partial charge is 0.465 e. The molecule has 1 aliphatic rings.